The van der Waals surface area contributed by atoms with Gasteiger partial charge in [0.1, 0.15) is 0 Å². The van der Waals surface area contributed by atoms with Gasteiger partial charge in [0.2, 0.25) is 5.91 Å². The van der Waals surface area contributed by atoms with Gasteiger partial charge < -0.3 is 10.6 Å². The van der Waals surface area contributed by atoms with E-state index in [0.29, 0.717) is 12.6 Å². The van der Waals surface area contributed by atoms with Crippen molar-refractivity contribution in [3.8, 4) is 0 Å². The summed E-state index contributed by atoms with van der Waals surface area (Å²) in [6.45, 7) is 11.6. The van der Waals surface area contributed by atoms with Gasteiger partial charge in [0.25, 0.3) is 0 Å². The van der Waals surface area contributed by atoms with Crippen LogP contribution < -0.4 is 10.6 Å². The van der Waals surface area contributed by atoms with Gasteiger partial charge in [0.05, 0.1) is 6.54 Å². The Hall–Kier alpha value is -0.610. The van der Waals surface area contributed by atoms with Gasteiger partial charge >= 0.3 is 0 Å². The lowest BCUT2D eigenvalue weighted by Crippen LogP contribution is -2.54. The summed E-state index contributed by atoms with van der Waals surface area (Å²) in [5.41, 5.74) is -0.131. The van der Waals surface area contributed by atoms with Crippen LogP contribution in [-0.4, -0.2) is 48.6 Å². The normalized spacial score (nSPS) is 23.9. The molecule has 0 aromatic heterocycles. The van der Waals surface area contributed by atoms with Crippen LogP contribution in [0.1, 0.15) is 27.7 Å². The van der Waals surface area contributed by atoms with Gasteiger partial charge in [-0.2, -0.15) is 0 Å². The Bertz CT molecular complexity index is 222. The van der Waals surface area contributed by atoms with Gasteiger partial charge in [0, 0.05) is 31.2 Å². The fourth-order valence-corrected chi connectivity index (χ4v) is 1.76. The molecule has 0 bridgehead atoms. The first-order valence-corrected chi connectivity index (χ1v) is 5.64. The molecule has 88 valence electrons. The first kappa shape index (κ1) is 12.5. The Morgan fingerprint density at radius 1 is 1.53 bits per heavy atom. The zero-order valence-corrected chi connectivity index (χ0v) is 10.3. The van der Waals surface area contributed by atoms with Crippen molar-refractivity contribution in [2.45, 2.75) is 39.3 Å². The molecule has 0 saturated carbocycles. The van der Waals surface area contributed by atoms with E-state index in [2.05, 4.69) is 22.5 Å². The number of hydrogen-bond donors (Lipinski definition) is 2. The van der Waals surface area contributed by atoms with Crippen molar-refractivity contribution in [3.05, 3.63) is 0 Å². The number of nitrogens with one attached hydrogen (secondary N) is 2. The van der Waals surface area contributed by atoms with Crippen LogP contribution in [0.5, 0.6) is 0 Å². The van der Waals surface area contributed by atoms with E-state index in [1.807, 2.05) is 20.8 Å². The molecule has 2 N–H and O–H groups in total. The van der Waals surface area contributed by atoms with Gasteiger partial charge in [-0.3, -0.25) is 9.69 Å². The summed E-state index contributed by atoms with van der Waals surface area (Å²) in [4.78, 5) is 13.9. The molecule has 1 amide bonds. The average Bonchev–Trinajstić information content (AvgIpc) is 2.05. The number of rotatable bonds is 2. The molecule has 1 atom stereocenters. The first-order valence-electron chi connectivity index (χ1n) is 5.64. The van der Waals surface area contributed by atoms with Crippen LogP contribution in [0.3, 0.4) is 0 Å². The summed E-state index contributed by atoms with van der Waals surface area (Å²) >= 11 is 0. The van der Waals surface area contributed by atoms with E-state index >= 15 is 0 Å². The summed E-state index contributed by atoms with van der Waals surface area (Å²) in [5, 5.41) is 6.30. The summed E-state index contributed by atoms with van der Waals surface area (Å²) in [7, 11) is 0. The second-order valence-electron chi connectivity index (χ2n) is 5.32. The highest BCUT2D eigenvalue weighted by atomic mass is 16.2. The van der Waals surface area contributed by atoms with E-state index < -0.39 is 0 Å². The highest BCUT2D eigenvalue weighted by molar-refractivity contribution is 5.78. The highest BCUT2D eigenvalue weighted by Crippen LogP contribution is 2.03. The Morgan fingerprint density at radius 3 is 2.73 bits per heavy atom. The molecule has 4 heteroatoms. The van der Waals surface area contributed by atoms with E-state index in [9.17, 15) is 4.79 Å². The second-order valence-corrected chi connectivity index (χ2v) is 5.32. The van der Waals surface area contributed by atoms with Crippen molar-refractivity contribution in [1.29, 1.82) is 0 Å². The quantitative estimate of drug-likeness (QED) is 0.688. The molecule has 1 aliphatic heterocycles. The van der Waals surface area contributed by atoms with E-state index in [1.54, 1.807) is 0 Å². The van der Waals surface area contributed by atoms with Crippen molar-refractivity contribution in [3.63, 3.8) is 0 Å². The molecule has 0 radical (unpaired) electrons. The summed E-state index contributed by atoms with van der Waals surface area (Å²) in [6, 6.07) is 0.449. The lowest BCUT2D eigenvalue weighted by Gasteiger charge is -2.34. The average molecular weight is 213 g/mol. The topological polar surface area (TPSA) is 44.4 Å². The predicted molar refractivity (Wildman–Crippen MR) is 61.8 cm³/mol. The second kappa shape index (κ2) is 4.94. The van der Waals surface area contributed by atoms with Gasteiger partial charge in [-0.15, -0.1) is 0 Å². The predicted octanol–water partition coefficient (Wildman–Crippen LogP) is 0.195. The van der Waals surface area contributed by atoms with Crippen molar-refractivity contribution in [2.24, 2.45) is 0 Å². The lowest BCUT2D eigenvalue weighted by atomic mass is 10.1. The molecule has 1 rings (SSSR count). The number of carbonyl (C=O) groups is 1. The maximum Gasteiger partial charge on any atom is 0.234 e. The molecule has 1 fully saturated rings. The van der Waals surface area contributed by atoms with E-state index in [4.69, 9.17) is 0 Å². The minimum atomic E-state index is -0.131. The van der Waals surface area contributed by atoms with E-state index in [0.717, 1.165) is 19.6 Å². The molecule has 1 aliphatic rings. The summed E-state index contributed by atoms with van der Waals surface area (Å²) in [5.74, 6) is 0.122. The number of amides is 1. The molecule has 4 nitrogen and oxygen atoms in total. The molecule has 0 aliphatic carbocycles. The summed E-state index contributed by atoms with van der Waals surface area (Å²) in [6.07, 6.45) is 0. The van der Waals surface area contributed by atoms with Gasteiger partial charge in [-0.05, 0) is 27.7 Å². The van der Waals surface area contributed by atoms with E-state index in [1.165, 1.54) is 0 Å². The Morgan fingerprint density at radius 2 is 2.20 bits per heavy atom. The van der Waals surface area contributed by atoms with Crippen molar-refractivity contribution in [1.82, 2.24) is 15.5 Å². The molecule has 0 unspecified atom stereocenters. The maximum absolute atomic E-state index is 11.7. The maximum atomic E-state index is 11.7. The van der Waals surface area contributed by atoms with Crippen LogP contribution in [0.25, 0.3) is 0 Å². The first-order chi connectivity index (χ1) is 6.88. The highest BCUT2D eigenvalue weighted by Gasteiger charge is 2.22. The minimum Gasteiger partial charge on any atom is -0.350 e. The van der Waals surface area contributed by atoms with Gasteiger partial charge in [-0.1, -0.05) is 0 Å². The molecular weight excluding hydrogens is 190 g/mol. The third kappa shape index (κ3) is 4.62. The molecule has 1 saturated heterocycles. The number of hydrogen-bond acceptors (Lipinski definition) is 3. The standard InChI is InChI=1S/C11H23N3O/c1-9-7-12-5-6-14(9)8-10(15)13-11(2,3)4/h9,12H,5-8H2,1-4H3,(H,13,15)/t9-/m1/s1. The zero-order chi connectivity index (χ0) is 11.5. The van der Waals surface area contributed by atoms with E-state index in [-0.39, 0.29) is 11.4 Å². The fourth-order valence-electron chi connectivity index (χ4n) is 1.76. The molecule has 0 aromatic rings. The number of piperazine rings is 1. The molecular formula is C11H23N3O. The Kier molecular flexibility index (Phi) is 4.11. The molecule has 1 heterocycles. The van der Waals surface area contributed by atoms with Crippen molar-refractivity contribution >= 4 is 5.91 Å². The van der Waals surface area contributed by atoms with Crippen LogP contribution in [0.2, 0.25) is 0 Å². The van der Waals surface area contributed by atoms with Gasteiger partial charge in [-0.25, -0.2) is 0 Å². The van der Waals surface area contributed by atoms with Crippen LogP contribution in [0.4, 0.5) is 0 Å². The molecule has 15 heavy (non-hydrogen) atoms. The third-order valence-electron chi connectivity index (χ3n) is 2.50. The number of nitrogens with zero attached hydrogens (tertiary/aromatic N) is 1. The monoisotopic (exact) mass is 213 g/mol. The molecule has 0 aromatic carbocycles. The van der Waals surface area contributed by atoms with Crippen LogP contribution in [-0.2, 0) is 4.79 Å². The fraction of sp³-hybridized carbons (Fsp3) is 0.909. The minimum absolute atomic E-state index is 0.122. The third-order valence-corrected chi connectivity index (χ3v) is 2.50. The van der Waals surface area contributed by atoms with Crippen LogP contribution in [0, 0.1) is 0 Å². The van der Waals surface area contributed by atoms with Gasteiger partial charge in [0.15, 0.2) is 0 Å². The number of carbonyl (C=O) groups excluding carboxylic acids is 1. The van der Waals surface area contributed by atoms with Crippen LogP contribution in [0.15, 0.2) is 0 Å². The smallest absolute Gasteiger partial charge is 0.234 e. The van der Waals surface area contributed by atoms with Crippen molar-refractivity contribution in [2.75, 3.05) is 26.2 Å². The zero-order valence-electron chi connectivity index (χ0n) is 10.3. The van der Waals surface area contributed by atoms with Crippen LogP contribution >= 0.6 is 0 Å². The SMILES string of the molecule is C[C@@H]1CNCCN1CC(=O)NC(C)(C)C. The molecule has 0 spiro atoms. The summed E-state index contributed by atoms with van der Waals surface area (Å²) < 4.78 is 0. The largest absolute Gasteiger partial charge is 0.350 e. The Balaban J connectivity index is 2.36. The lowest BCUT2D eigenvalue weighted by molar-refractivity contribution is -0.124. The Labute approximate surface area is 92.4 Å². The van der Waals surface area contributed by atoms with Crippen molar-refractivity contribution < 1.29 is 4.79 Å².